The molecule has 0 unspecified atom stereocenters. The van der Waals surface area contributed by atoms with Crippen LogP contribution in [0.3, 0.4) is 0 Å². The highest BCUT2D eigenvalue weighted by molar-refractivity contribution is 6.02. The maximum absolute atomic E-state index is 12.4. The van der Waals surface area contributed by atoms with Crippen LogP contribution < -0.4 is 5.43 Å². The lowest BCUT2D eigenvalue weighted by molar-refractivity contribution is -0.384. The van der Waals surface area contributed by atoms with Crippen molar-refractivity contribution in [2.24, 2.45) is 5.10 Å². The Morgan fingerprint density at radius 2 is 2.04 bits per heavy atom. The topological polar surface area (TPSA) is 102 Å². The van der Waals surface area contributed by atoms with E-state index in [9.17, 15) is 14.9 Å². The largest absolute Gasteiger partial charge is 0.329 e. The van der Waals surface area contributed by atoms with Gasteiger partial charge in [0.05, 0.1) is 21.7 Å². The second kappa shape index (κ2) is 7.36. The molecular weight excluding hydrogens is 346 g/mol. The molecule has 27 heavy (non-hydrogen) atoms. The van der Waals surface area contributed by atoms with Crippen molar-refractivity contribution in [1.82, 2.24) is 15.0 Å². The number of nitrogens with zero attached hydrogens (tertiary/aromatic N) is 4. The van der Waals surface area contributed by atoms with Crippen LogP contribution in [0, 0.1) is 17.0 Å². The first-order valence-corrected chi connectivity index (χ1v) is 8.47. The van der Waals surface area contributed by atoms with Crippen LogP contribution in [-0.4, -0.2) is 26.1 Å². The number of aromatic nitrogens is 2. The van der Waals surface area contributed by atoms with Gasteiger partial charge in [-0.1, -0.05) is 12.1 Å². The number of amides is 1. The van der Waals surface area contributed by atoms with Gasteiger partial charge in [-0.25, -0.2) is 10.4 Å². The van der Waals surface area contributed by atoms with Crippen LogP contribution in [0.15, 0.2) is 47.6 Å². The van der Waals surface area contributed by atoms with Gasteiger partial charge in [0.2, 0.25) is 0 Å². The molecule has 0 spiro atoms. The molecule has 138 valence electrons. The van der Waals surface area contributed by atoms with Crippen molar-refractivity contribution < 1.29 is 9.72 Å². The highest BCUT2D eigenvalue weighted by atomic mass is 16.6. The van der Waals surface area contributed by atoms with Crippen molar-refractivity contribution in [2.75, 3.05) is 0 Å². The van der Waals surface area contributed by atoms with Gasteiger partial charge in [-0.05, 0) is 39.0 Å². The molecule has 1 amide bonds. The maximum atomic E-state index is 12.4. The number of benzene rings is 2. The molecule has 3 aromatic rings. The summed E-state index contributed by atoms with van der Waals surface area (Å²) in [6, 6.07) is 11.4. The Kier molecular flexibility index (Phi) is 4.98. The van der Waals surface area contributed by atoms with Crippen LogP contribution in [0.25, 0.3) is 11.0 Å². The summed E-state index contributed by atoms with van der Waals surface area (Å²) in [7, 11) is 0. The molecule has 0 fully saturated rings. The summed E-state index contributed by atoms with van der Waals surface area (Å²) in [5.74, 6) is 0.523. The summed E-state index contributed by atoms with van der Waals surface area (Å²) < 4.78 is 2.07. The minimum absolute atomic E-state index is 0.0271. The van der Waals surface area contributed by atoms with Gasteiger partial charge >= 0.3 is 0 Å². The fourth-order valence-electron chi connectivity index (χ4n) is 2.90. The van der Waals surface area contributed by atoms with Gasteiger partial charge in [0.1, 0.15) is 5.82 Å². The van der Waals surface area contributed by atoms with Crippen LogP contribution in [0.1, 0.15) is 35.6 Å². The van der Waals surface area contributed by atoms with Crippen LogP contribution in [0.5, 0.6) is 0 Å². The van der Waals surface area contributed by atoms with Crippen LogP contribution in [0.2, 0.25) is 0 Å². The monoisotopic (exact) mass is 365 g/mol. The normalized spacial score (nSPS) is 11.6. The fourth-order valence-corrected chi connectivity index (χ4v) is 2.90. The van der Waals surface area contributed by atoms with Crippen molar-refractivity contribution in [3.05, 3.63) is 69.5 Å². The molecule has 0 atom stereocenters. The molecule has 0 aliphatic carbocycles. The molecule has 0 bridgehead atoms. The standard InChI is InChI=1S/C19H19N5O3/c1-4-23-13(3)20-17-11-15(8-9-18(17)23)19(25)22-21-12(2)14-6-5-7-16(10-14)24(26)27/h5-11H,4H2,1-3H3,(H,22,25)/b21-12-. The second-order valence-corrected chi connectivity index (χ2v) is 6.05. The van der Waals surface area contributed by atoms with Crippen LogP contribution >= 0.6 is 0 Å². The molecule has 0 aliphatic heterocycles. The van der Waals surface area contributed by atoms with E-state index in [1.54, 1.807) is 31.2 Å². The maximum Gasteiger partial charge on any atom is 0.271 e. The van der Waals surface area contributed by atoms with E-state index in [-0.39, 0.29) is 11.6 Å². The Labute approximate surface area is 155 Å². The van der Waals surface area contributed by atoms with Crippen LogP contribution in [0.4, 0.5) is 5.69 Å². The Morgan fingerprint density at radius 1 is 1.26 bits per heavy atom. The van der Waals surface area contributed by atoms with Gasteiger partial charge in [-0.3, -0.25) is 14.9 Å². The molecule has 3 rings (SSSR count). The van der Waals surface area contributed by atoms with Crippen LogP contribution in [-0.2, 0) is 6.54 Å². The first kappa shape index (κ1) is 18.2. The van der Waals surface area contributed by atoms with E-state index in [1.807, 2.05) is 19.9 Å². The molecule has 1 aromatic heterocycles. The van der Waals surface area contributed by atoms with Gasteiger partial charge in [-0.2, -0.15) is 5.10 Å². The fraction of sp³-hybridized carbons (Fsp3) is 0.211. The summed E-state index contributed by atoms with van der Waals surface area (Å²) in [4.78, 5) is 27.3. The highest BCUT2D eigenvalue weighted by Crippen LogP contribution is 2.18. The third-order valence-electron chi connectivity index (χ3n) is 4.32. The second-order valence-electron chi connectivity index (χ2n) is 6.05. The average Bonchev–Trinajstić information content (AvgIpc) is 2.99. The minimum Gasteiger partial charge on any atom is -0.329 e. The first-order valence-electron chi connectivity index (χ1n) is 8.47. The number of hydrogen-bond donors (Lipinski definition) is 1. The Hall–Kier alpha value is -3.55. The number of fused-ring (bicyclic) bond motifs is 1. The SMILES string of the molecule is CCn1c(C)nc2cc(C(=O)N/N=C(/C)c3cccc([N+](=O)[O-])c3)ccc21. The molecule has 0 saturated carbocycles. The Balaban J connectivity index is 1.80. The molecule has 8 heteroatoms. The minimum atomic E-state index is -0.470. The third-order valence-corrected chi connectivity index (χ3v) is 4.32. The molecule has 0 saturated heterocycles. The van der Waals surface area contributed by atoms with E-state index >= 15 is 0 Å². The molecule has 1 N–H and O–H groups in total. The van der Waals surface area contributed by atoms with Crippen molar-refractivity contribution in [2.45, 2.75) is 27.3 Å². The number of aryl methyl sites for hydroxylation is 2. The van der Waals surface area contributed by atoms with Gasteiger partial charge < -0.3 is 4.57 Å². The number of imidazole rings is 1. The van der Waals surface area contributed by atoms with Gasteiger partial charge in [0, 0.05) is 29.8 Å². The number of rotatable bonds is 5. The number of nitro benzene ring substituents is 1. The number of non-ortho nitro benzene ring substituents is 1. The Morgan fingerprint density at radius 3 is 2.74 bits per heavy atom. The predicted octanol–water partition coefficient (Wildman–Crippen LogP) is 3.43. The van der Waals surface area contributed by atoms with E-state index < -0.39 is 4.92 Å². The van der Waals surface area contributed by atoms with E-state index in [2.05, 4.69) is 20.1 Å². The number of nitrogens with one attached hydrogen (secondary N) is 1. The van der Waals surface area contributed by atoms with E-state index in [0.29, 0.717) is 16.8 Å². The lowest BCUT2D eigenvalue weighted by atomic mass is 10.1. The molecule has 2 aromatic carbocycles. The predicted molar refractivity (Wildman–Crippen MR) is 103 cm³/mol. The van der Waals surface area contributed by atoms with E-state index in [0.717, 1.165) is 23.4 Å². The molecule has 8 nitrogen and oxygen atoms in total. The zero-order chi connectivity index (χ0) is 19.6. The summed E-state index contributed by atoms with van der Waals surface area (Å²) in [6.45, 7) is 6.45. The van der Waals surface area contributed by atoms with E-state index in [1.165, 1.54) is 12.1 Å². The lowest BCUT2D eigenvalue weighted by Gasteiger charge is -2.04. The molecule has 0 radical (unpaired) electrons. The molecular formula is C19H19N5O3. The number of hydrogen-bond acceptors (Lipinski definition) is 5. The number of carbonyl (C=O) groups is 1. The summed E-state index contributed by atoms with van der Waals surface area (Å²) in [6.07, 6.45) is 0. The highest BCUT2D eigenvalue weighted by Gasteiger charge is 2.11. The summed E-state index contributed by atoms with van der Waals surface area (Å²) in [5.41, 5.74) is 5.67. The van der Waals surface area contributed by atoms with Crippen molar-refractivity contribution in [3.63, 3.8) is 0 Å². The summed E-state index contributed by atoms with van der Waals surface area (Å²) >= 11 is 0. The molecule has 1 heterocycles. The van der Waals surface area contributed by atoms with E-state index in [4.69, 9.17) is 0 Å². The Bertz CT molecular complexity index is 1070. The third kappa shape index (κ3) is 3.69. The van der Waals surface area contributed by atoms with Gasteiger partial charge in [0.15, 0.2) is 0 Å². The number of carbonyl (C=O) groups excluding carboxylic acids is 1. The number of hydrazone groups is 1. The summed E-state index contributed by atoms with van der Waals surface area (Å²) in [5, 5.41) is 14.9. The zero-order valence-electron chi connectivity index (χ0n) is 15.3. The first-order chi connectivity index (χ1) is 12.9. The zero-order valence-corrected chi connectivity index (χ0v) is 15.3. The van der Waals surface area contributed by atoms with Crippen molar-refractivity contribution in [3.8, 4) is 0 Å². The quantitative estimate of drug-likeness (QED) is 0.425. The van der Waals surface area contributed by atoms with Gasteiger partial charge in [0.25, 0.3) is 11.6 Å². The molecule has 0 aliphatic rings. The smallest absolute Gasteiger partial charge is 0.271 e. The van der Waals surface area contributed by atoms with Crippen molar-refractivity contribution in [1.29, 1.82) is 0 Å². The lowest BCUT2D eigenvalue weighted by Crippen LogP contribution is -2.19. The number of nitro groups is 1. The van der Waals surface area contributed by atoms with Crippen molar-refractivity contribution >= 4 is 28.3 Å². The average molecular weight is 365 g/mol. The van der Waals surface area contributed by atoms with Gasteiger partial charge in [-0.15, -0.1) is 0 Å².